The van der Waals surface area contributed by atoms with E-state index < -0.39 is 17.6 Å². The van der Waals surface area contributed by atoms with Crippen LogP contribution in [0.2, 0.25) is 0 Å². The van der Waals surface area contributed by atoms with Gasteiger partial charge < -0.3 is 9.84 Å². The Hall–Kier alpha value is -2.63. The van der Waals surface area contributed by atoms with E-state index in [2.05, 4.69) is 11.2 Å². The number of hydrogen-bond acceptors (Lipinski definition) is 4. The van der Waals surface area contributed by atoms with Crippen LogP contribution < -0.4 is 10.3 Å². The molecule has 30 heavy (non-hydrogen) atoms. The number of aliphatic carboxylic acids is 1. The normalized spacial score (nSPS) is 18.9. The maximum atomic E-state index is 12.7. The standard InChI is InChI=1S/C24H30N2O4/c27-23-15-19(16-25-26(23)21(24(28)29)14-17-8-4-5-9-17)30-22-13-7-6-12-20(22)18-10-2-1-3-11-18/h6-7,12-13,15-18,21H,1-5,8-11,14H2,(H,28,29). The number of carboxylic acids is 1. The first-order chi connectivity index (χ1) is 14.6. The van der Waals surface area contributed by atoms with Gasteiger partial charge in [0.25, 0.3) is 5.56 Å². The van der Waals surface area contributed by atoms with E-state index in [9.17, 15) is 14.7 Å². The van der Waals surface area contributed by atoms with E-state index in [4.69, 9.17) is 4.74 Å². The molecule has 1 N–H and O–H groups in total. The summed E-state index contributed by atoms with van der Waals surface area (Å²) in [7, 11) is 0. The summed E-state index contributed by atoms with van der Waals surface area (Å²) in [4.78, 5) is 24.5. The molecule has 2 fully saturated rings. The molecule has 0 spiro atoms. The smallest absolute Gasteiger partial charge is 0.328 e. The SMILES string of the molecule is O=C(O)C(CC1CCCC1)n1ncc(Oc2ccccc2C2CCCCC2)cc1=O. The molecule has 1 atom stereocenters. The Bertz CT molecular complexity index is 927. The lowest BCUT2D eigenvalue weighted by Crippen LogP contribution is -2.32. The van der Waals surface area contributed by atoms with Crippen LogP contribution in [0.25, 0.3) is 0 Å². The molecule has 1 heterocycles. The Morgan fingerprint density at radius 2 is 1.80 bits per heavy atom. The van der Waals surface area contributed by atoms with E-state index in [0.717, 1.165) is 49.0 Å². The Balaban J connectivity index is 1.53. The molecule has 2 aromatic rings. The van der Waals surface area contributed by atoms with Crippen molar-refractivity contribution < 1.29 is 14.6 Å². The molecular weight excluding hydrogens is 380 g/mol. The lowest BCUT2D eigenvalue weighted by Gasteiger charge is -2.24. The van der Waals surface area contributed by atoms with Crippen LogP contribution in [0.1, 0.15) is 81.7 Å². The lowest BCUT2D eigenvalue weighted by atomic mass is 9.84. The third kappa shape index (κ3) is 4.74. The monoisotopic (exact) mass is 410 g/mol. The van der Waals surface area contributed by atoms with E-state index in [1.807, 2.05) is 18.2 Å². The van der Waals surface area contributed by atoms with Crippen LogP contribution in [-0.4, -0.2) is 20.9 Å². The summed E-state index contributed by atoms with van der Waals surface area (Å²) in [5.41, 5.74) is 0.735. The van der Waals surface area contributed by atoms with Gasteiger partial charge in [0.15, 0.2) is 11.8 Å². The van der Waals surface area contributed by atoms with Gasteiger partial charge in [-0.1, -0.05) is 63.1 Å². The van der Waals surface area contributed by atoms with Gasteiger partial charge in [-0.3, -0.25) is 4.79 Å². The average molecular weight is 411 g/mol. The van der Waals surface area contributed by atoms with Crippen molar-refractivity contribution in [3.05, 3.63) is 52.4 Å². The number of hydrogen-bond donors (Lipinski definition) is 1. The summed E-state index contributed by atoms with van der Waals surface area (Å²) < 4.78 is 7.15. The van der Waals surface area contributed by atoms with Gasteiger partial charge in [-0.05, 0) is 42.7 Å². The topological polar surface area (TPSA) is 81.4 Å². The summed E-state index contributed by atoms with van der Waals surface area (Å²) in [5, 5.41) is 13.8. The van der Waals surface area contributed by atoms with Gasteiger partial charge in [0.05, 0.1) is 6.20 Å². The Kier molecular flexibility index (Phi) is 6.50. The van der Waals surface area contributed by atoms with Crippen molar-refractivity contribution >= 4 is 5.97 Å². The Morgan fingerprint density at radius 3 is 2.50 bits per heavy atom. The molecule has 0 bridgehead atoms. The van der Waals surface area contributed by atoms with Crippen molar-refractivity contribution in [1.29, 1.82) is 0 Å². The van der Waals surface area contributed by atoms with Gasteiger partial charge >= 0.3 is 5.97 Å². The average Bonchev–Trinajstić information content (AvgIpc) is 3.27. The van der Waals surface area contributed by atoms with E-state index >= 15 is 0 Å². The molecule has 6 nitrogen and oxygen atoms in total. The number of aromatic nitrogens is 2. The molecule has 1 aromatic heterocycles. The minimum atomic E-state index is -1.01. The Labute approximate surface area is 176 Å². The number of nitrogens with zero attached hydrogens (tertiary/aromatic N) is 2. The number of para-hydroxylation sites is 1. The second kappa shape index (κ2) is 9.45. The summed E-state index contributed by atoms with van der Waals surface area (Å²) in [6.07, 6.45) is 12.3. The van der Waals surface area contributed by atoms with Gasteiger partial charge in [0.2, 0.25) is 0 Å². The maximum absolute atomic E-state index is 12.7. The number of rotatable bonds is 7. The quantitative estimate of drug-likeness (QED) is 0.671. The fraction of sp³-hybridized carbons (Fsp3) is 0.542. The second-order valence-electron chi connectivity index (χ2n) is 8.69. The third-order valence-corrected chi connectivity index (χ3v) is 6.60. The molecule has 0 amide bonds. The van der Waals surface area contributed by atoms with Crippen molar-refractivity contribution in [2.75, 3.05) is 0 Å². The molecule has 4 rings (SSSR count). The van der Waals surface area contributed by atoms with Crippen LogP contribution in [0.3, 0.4) is 0 Å². The Morgan fingerprint density at radius 1 is 1.10 bits per heavy atom. The molecule has 2 aliphatic rings. The number of carboxylic acid groups (broad SMARTS) is 1. The third-order valence-electron chi connectivity index (χ3n) is 6.60. The first-order valence-electron chi connectivity index (χ1n) is 11.2. The fourth-order valence-electron chi connectivity index (χ4n) is 5.01. The first-order valence-corrected chi connectivity index (χ1v) is 11.2. The van der Waals surface area contributed by atoms with Gasteiger partial charge in [-0.15, -0.1) is 0 Å². The first kappa shape index (κ1) is 20.6. The molecule has 1 unspecified atom stereocenters. The van der Waals surface area contributed by atoms with Gasteiger partial charge in [-0.25, -0.2) is 9.48 Å². The van der Waals surface area contributed by atoms with Crippen LogP contribution in [0.15, 0.2) is 41.3 Å². The van der Waals surface area contributed by atoms with Crippen molar-refractivity contribution in [2.24, 2.45) is 5.92 Å². The molecule has 0 aliphatic heterocycles. The predicted molar refractivity (Wildman–Crippen MR) is 114 cm³/mol. The largest absolute Gasteiger partial charge is 0.480 e. The van der Waals surface area contributed by atoms with Crippen molar-refractivity contribution in [2.45, 2.75) is 76.2 Å². The van der Waals surface area contributed by atoms with Gasteiger partial charge in [-0.2, -0.15) is 5.10 Å². The zero-order chi connectivity index (χ0) is 20.9. The maximum Gasteiger partial charge on any atom is 0.328 e. The molecular formula is C24H30N2O4. The molecule has 0 radical (unpaired) electrons. The molecule has 2 aliphatic carbocycles. The molecule has 6 heteroatoms. The zero-order valence-electron chi connectivity index (χ0n) is 17.3. The zero-order valence-corrected chi connectivity index (χ0v) is 17.3. The second-order valence-corrected chi connectivity index (χ2v) is 8.69. The van der Waals surface area contributed by atoms with Crippen LogP contribution in [0.5, 0.6) is 11.5 Å². The van der Waals surface area contributed by atoms with Gasteiger partial charge in [0, 0.05) is 6.07 Å². The number of benzene rings is 1. The van der Waals surface area contributed by atoms with E-state index in [1.165, 1.54) is 37.1 Å². The van der Waals surface area contributed by atoms with Crippen molar-refractivity contribution in [1.82, 2.24) is 9.78 Å². The summed E-state index contributed by atoms with van der Waals surface area (Å²) in [6, 6.07) is 8.41. The number of carbonyl (C=O) groups is 1. The van der Waals surface area contributed by atoms with E-state index in [-0.39, 0.29) is 0 Å². The molecule has 0 saturated heterocycles. The van der Waals surface area contributed by atoms with Gasteiger partial charge in [0.1, 0.15) is 5.75 Å². The predicted octanol–water partition coefficient (Wildman–Crippen LogP) is 5.29. The van der Waals surface area contributed by atoms with Crippen LogP contribution in [0.4, 0.5) is 0 Å². The van der Waals surface area contributed by atoms with Crippen molar-refractivity contribution in [3.63, 3.8) is 0 Å². The minimum Gasteiger partial charge on any atom is -0.480 e. The van der Waals surface area contributed by atoms with Crippen LogP contribution >= 0.6 is 0 Å². The van der Waals surface area contributed by atoms with E-state index in [1.54, 1.807) is 0 Å². The lowest BCUT2D eigenvalue weighted by molar-refractivity contribution is -0.142. The molecule has 160 valence electrons. The molecule has 1 aromatic carbocycles. The highest BCUT2D eigenvalue weighted by Crippen LogP contribution is 2.38. The summed E-state index contributed by atoms with van der Waals surface area (Å²) >= 11 is 0. The summed E-state index contributed by atoms with van der Waals surface area (Å²) in [6.45, 7) is 0. The highest BCUT2D eigenvalue weighted by Gasteiger charge is 2.28. The number of ether oxygens (including phenoxy) is 1. The fourth-order valence-corrected chi connectivity index (χ4v) is 5.01. The summed E-state index contributed by atoms with van der Waals surface area (Å²) in [5.74, 6) is 0.922. The minimum absolute atomic E-state index is 0.345. The highest BCUT2D eigenvalue weighted by atomic mass is 16.5. The van der Waals surface area contributed by atoms with Crippen LogP contribution in [-0.2, 0) is 4.79 Å². The van der Waals surface area contributed by atoms with E-state index in [0.29, 0.717) is 24.0 Å². The molecule has 2 saturated carbocycles. The van der Waals surface area contributed by atoms with Crippen molar-refractivity contribution in [3.8, 4) is 11.5 Å². The van der Waals surface area contributed by atoms with Crippen LogP contribution in [0, 0.1) is 5.92 Å². The highest BCUT2D eigenvalue weighted by molar-refractivity contribution is 5.71.